The molecular formula is C46H44Cl2N6O6. The molecule has 0 fully saturated rings. The number of carboxylic acids is 1. The van der Waals surface area contributed by atoms with Gasteiger partial charge >= 0.3 is 5.97 Å². The lowest BCUT2D eigenvalue weighted by Crippen LogP contribution is -2.43. The third kappa shape index (κ3) is 6.72. The van der Waals surface area contributed by atoms with Crippen molar-refractivity contribution >= 4 is 62.6 Å². The third-order valence-electron chi connectivity index (χ3n) is 11.4. The van der Waals surface area contributed by atoms with Crippen LogP contribution in [0.15, 0.2) is 60.8 Å². The van der Waals surface area contributed by atoms with Gasteiger partial charge in [-0.3, -0.25) is 9.78 Å². The summed E-state index contributed by atoms with van der Waals surface area (Å²) < 4.78 is 15.9. The minimum absolute atomic E-state index is 0.0422. The largest absolute Gasteiger partial charge is 0.495 e. The van der Waals surface area contributed by atoms with Crippen LogP contribution in [0.3, 0.4) is 0 Å². The molecule has 0 saturated carbocycles. The molecule has 1 aliphatic heterocycles. The zero-order chi connectivity index (χ0) is 42.7. The van der Waals surface area contributed by atoms with Crippen molar-refractivity contribution in [3.05, 3.63) is 116 Å². The average Bonchev–Trinajstić information content (AvgIpc) is 3.75. The van der Waals surface area contributed by atoms with Crippen LogP contribution in [0.25, 0.3) is 44.2 Å². The van der Waals surface area contributed by atoms with E-state index < -0.39 is 5.97 Å². The van der Waals surface area contributed by atoms with Crippen molar-refractivity contribution in [1.82, 2.24) is 24.1 Å². The van der Waals surface area contributed by atoms with Gasteiger partial charge in [-0.25, -0.2) is 14.8 Å². The number of fused-ring (bicyclic) bond motifs is 4. The van der Waals surface area contributed by atoms with Crippen LogP contribution in [0, 0.1) is 27.7 Å². The van der Waals surface area contributed by atoms with E-state index in [1.165, 1.54) is 0 Å². The molecule has 7 aromatic rings. The lowest BCUT2D eigenvalue weighted by molar-refractivity contribution is 0.0687. The first-order valence-corrected chi connectivity index (χ1v) is 20.4. The first-order valence-electron chi connectivity index (χ1n) is 19.6. The standard InChI is InChI=1S/C46H44Cl2N6O6/c1-23-17-28(18-24(2)40(23)48)60-16-10-11-29-30-13-14-33(47)39(38-26(4)50-37(22-55)51-27(38)5)42(30)54-25(3)21-53(45(56)43(29)54)35-19-31(34-12-8-9-15-49-34)44(59-7)32-20-36(46(57)58)52(6)41(32)35/h8-9,12-15,17-20,25,55H,10-11,16,21-22H2,1-7H3,(H,57,58). The summed E-state index contributed by atoms with van der Waals surface area (Å²) in [4.78, 5) is 43.7. The monoisotopic (exact) mass is 846 g/mol. The van der Waals surface area contributed by atoms with Gasteiger partial charge in [0.1, 0.15) is 29.5 Å². The Balaban J connectivity index is 1.34. The Bertz CT molecular complexity index is 2840. The van der Waals surface area contributed by atoms with E-state index in [4.69, 9.17) is 32.7 Å². The highest BCUT2D eigenvalue weighted by atomic mass is 35.5. The van der Waals surface area contributed by atoms with Crippen molar-refractivity contribution in [3.8, 4) is 33.9 Å². The van der Waals surface area contributed by atoms with Crippen molar-refractivity contribution in [3.63, 3.8) is 0 Å². The highest BCUT2D eigenvalue weighted by Gasteiger charge is 2.38. The maximum Gasteiger partial charge on any atom is 0.352 e. The second-order valence-corrected chi connectivity index (χ2v) is 16.1. The van der Waals surface area contributed by atoms with Gasteiger partial charge in [0, 0.05) is 69.7 Å². The average molecular weight is 848 g/mol. The number of hydrogen-bond acceptors (Lipinski definition) is 8. The summed E-state index contributed by atoms with van der Waals surface area (Å²) in [7, 11) is 3.23. The predicted molar refractivity (Wildman–Crippen MR) is 234 cm³/mol. The molecule has 8 rings (SSSR count). The van der Waals surface area contributed by atoms with Crippen LogP contribution in [-0.2, 0) is 20.1 Å². The molecule has 308 valence electrons. The number of carboxylic acid groups (broad SMARTS) is 1. The number of benzene rings is 3. The Morgan fingerprint density at radius 3 is 2.30 bits per heavy atom. The van der Waals surface area contributed by atoms with Gasteiger partial charge in [0.2, 0.25) is 0 Å². The van der Waals surface area contributed by atoms with E-state index in [9.17, 15) is 15.0 Å². The van der Waals surface area contributed by atoms with Crippen LogP contribution in [-0.4, -0.2) is 66.4 Å². The number of rotatable bonds is 11. The van der Waals surface area contributed by atoms with Gasteiger partial charge in [-0.2, -0.15) is 0 Å². The van der Waals surface area contributed by atoms with Crippen LogP contribution in [0.4, 0.5) is 5.69 Å². The van der Waals surface area contributed by atoms with Crippen molar-refractivity contribution < 1.29 is 29.3 Å². The van der Waals surface area contributed by atoms with Crippen molar-refractivity contribution in [1.29, 1.82) is 0 Å². The second kappa shape index (κ2) is 15.9. The highest BCUT2D eigenvalue weighted by molar-refractivity contribution is 6.35. The van der Waals surface area contributed by atoms with Crippen molar-refractivity contribution in [2.75, 3.05) is 25.2 Å². The zero-order valence-corrected chi connectivity index (χ0v) is 35.9. The first-order chi connectivity index (χ1) is 28.7. The maximum absolute atomic E-state index is 15.6. The molecule has 0 bridgehead atoms. The summed E-state index contributed by atoms with van der Waals surface area (Å²) in [5, 5.41) is 22.8. The van der Waals surface area contributed by atoms with Crippen LogP contribution >= 0.6 is 23.2 Å². The summed E-state index contributed by atoms with van der Waals surface area (Å²) in [5.41, 5.74) is 9.02. The van der Waals surface area contributed by atoms with E-state index in [0.29, 0.717) is 91.6 Å². The van der Waals surface area contributed by atoms with E-state index >= 15 is 4.79 Å². The molecule has 5 heterocycles. The van der Waals surface area contributed by atoms with Crippen LogP contribution in [0.1, 0.15) is 74.3 Å². The number of nitrogens with zero attached hydrogens (tertiary/aromatic N) is 6. The molecule has 1 unspecified atom stereocenters. The van der Waals surface area contributed by atoms with Crippen molar-refractivity contribution in [2.45, 2.75) is 60.1 Å². The number of hydrogen-bond donors (Lipinski definition) is 2. The predicted octanol–water partition coefficient (Wildman–Crippen LogP) is 9.62. The summed E-state index contributed by atoms with van der Waals surface area (Å²) in [5.74, 6) is 0.106. The topological polar surface area (TPSA) is 145 Å². The summed E-state index contributed by atoms with van der Waals surface area (Å²) >= 11 is 13.6. The molecule has 4 aromatic heterocycles. The smallest absolute Gasteiger partial charge is 0.352 e. The lowest BCUT2D eigenvalue weighted by atomic mass is 9.97. The third-order valence-corrected chi connectivity index (χ3v) is 12.3. The van der Waals surface area contributed by atoms with Crippen LogP contribution in [0.5, 0.6) is 11.5 Å². The number of carbonyl (C=O) groups excluding carboxylic acids is 1. The Morgan fingerprint density at radius 2 is 1.67 bits per heavy atom. The van der Waals surface area contributed by atoms with E-state index in [1.54, 1.807) is 35.9 Å². The zero-order valence-electron chi connectivity index (χ0n) is 34.4. The minimum atomic E-state index is -1.11. The number of pyridine rings is 1. The molecule has 1 aliphatic rings. The van der Waals surface area contributed by atoms with Gasteiger partial charge in [-0.05, 0) is 107 Å². The van der Waals surface area contributed by atoms with Gasteiger partial charge in [0.15, 0.2) is 5.82 Å². The number of aromatic nitrogens is 5. The first kappa shape index (κ1) is 40.8. The number of halogens is 2. The summed E-state index contributed by atoms with van der Waals surface area (Å²) in [6.07, 6.45) is 2.74. The SMILES string of the molecule is COc1c(-c2ccccn2)cc(N2CC(C)n3c(c(CCCOc4cc(C)c(Cl)c(C)c4)c4ccc(Cl)c(-c5c(C)nc(CO)nc5C)c43)C2=O)c2c1cc(C(=O)O)n2C. The molecule has 0 aliphatic carbocycles. The molecule has 2 N–H and O–H groups in total. The van der Waals surface area contributed by atoms with E-state index in [2.05, 4.69) is 26.4 Å². The van der Waals surface area contributed by atoms with E-state index in [-0.39, 0.29) is 30.8 Å². The fraction of sp³-hybridized carbons (Fsp3) is 0.283. The van der Waals surface area contributed by atoms with E-state index in [1.807, 2.05) is 76.2 Å². The molecule has 1 amide bonds. The Morgan fingerprint density at radius 1 is 0.950 bits per heavy atom. The molecular weight excluding hydrogens is 803 g/mol. The van der Waals surface area contributed by atoms with Gasteiger partial charge in [-0.15, -0.1) is 0 Å². The number of amides is 1. The van der Waals surface area contributed by atoms with Gasteiger partial charge < -0.3 is 33.7 Å². The molecule has 12 nitrogen and oxygen atoms in total. The number of anilines is 1. The normalized spacial score (nSPS) is 14.0. The molecule has 0 saturated heterocycles. The maximum atomic E-state index is 15.6. The molecule has 0 spiro atoms. The van der Waals surface area contributed by atoms with Crippen LogP contribution in [0.2, 0.25) is 10.0 Å². The molecule has 14 heteroatoms. The number of carbonyl (C=O) groups is 2. The van der Waals surface area contributed by atoms with Gasteiger partial charge in [0.25, 0.3) is 5.91 Å². The second-order valence-electron chi connectivity index (χ2n) is 15.3. The quantitative estimate of drug-likeness (QED) is 0.122. The van der Waals surface area contributed by atoms with Crippen LogP contribution < -0.4 is 14.4 Å². The van der Waals surface area contributed by atoms with Crippen molar-refractivity contribution in [2.24, 2.45) is 7.05 Å². The number of aliphatic hydroxyl groups is 1. The number of ether oxygens (including phenoxy) is 2. The number of aromatic carboxylic acids is 1. The number of aryl methyl sites for hydroxylation is 6. The summed E-state index contributed by atoms with van der Waals surface area (Å²) in [6.45, 7) is 10.0. The number of aliphatic hydroxyl groups excluding tert-OH is 1. The fourth-order valence-corrected chi connectivity index (χ4v) is 9.22. The molecule has 60 heavy (non-hydrogen) atoms. The summed E-state index contributed by atoms with van der Waals surface area (Å²) in [6, 6.07) is 16.4. The highest BCUT2D eigenvalue weighted by Crippen LogP contribution is 2.48. The lowest BCUT2D eigenvalue weighted by Gasteiger charge is -2.35. The Kier molecular flexibility index (Phi) is 10.8. The molecule has 0 radical (unpaired) electrons. The molecule has 3 aromatic carbocycles. The van der Waals surface area contributed by atoms with E-state index in [0.717, 1.165) is 38.9 Å². The minimum Gasteiger partial charge on any atom is -0.495 e. The Hall–Kier alpha value is -5.95. The fourth-order valence-electron chi connectivity index (χ4n) is 8.86. The molecule has 1 atom stereocenters. The number of methoxy groups -OCH3 is 1. The van der Waals surface area contributed by atoms with Gasteiger partial charge in [0.05, 0.1) is 41.2 Å². The Labute approximate surface area is 356 Å². The van der Waals surface area contributed by atoms with Gasteiger partial charge in [-0.1, -0.05) is 35.3 Å².